The SMILES string of the molecule is CCCCCCCCNc1cccc(F)c1C. The molecule has 17 heavy (non-hydrogen) atoms. The van der Waals surface area contributed by atoms with Gasteiger partial charge in [-0.3, -0.25) is 0 Å². The molecule has 0 fully saturated rings. The standard InChI is InChI=1S/C15H24FN/c1-3-4-5-6-7-8-12-17-15-11-9-10-14(16)13(15)2/h9-11,17H,3-8,12H2,1-2H3. The number of anilines is 1. The summed E-state index contributed by atoms with van der Waals surface area (Å²) in [5.74, 6) is -0.127. The van der Waals surface area contributed by atoms with Crippen LogP contribution in [0, 0.1) is 12.7 Å². The number of nitrogens with one attached hydrogen (secondary N) is 1. The summed E-state index contributed by atoms with van der Waals surface area (Å²) in [6.07, 6.45) is 7.73. The van der Waals surface area contributed by atoms with Crippen molar-refractivity contribution in [1.29, 1.82) is 0 Å². The highest BCUT2D eigenvalue weighted by atomic mass is 19.1. The van der Waals surface area contributed by atoms with Crippen molar-refractivity contribution in [2.45, 2.75) is 52.4 Å². The summed E-state index contributed by atoms with van der Waals surface area (Å²) in [6.45, 7) is 4.99. The molecule has 0 spiro atoms. The zero-order valence-electron chi connectivity index (χ0n) is 11.1. The summed E-state index contributed by atoms with van der Waals surface area (Å²) in [7, 11) is 0. The van der Waals surface area contributed by atoms with Crippen molar-refractivity contribution >= 4 is 5.69 Å². The molecule has 0 aliphatic carbocycles. The van der Waals surface area contributed by atoms with E-state index in [1.165, 1.54) is 44.6 Å². The van der Waals surface area contributed by atoms with Crippen molar-refractivity contribution in [2.24, 2.45) is 0 Å². The predicted molar refractivity (Wildman–Crippen MR) is 73.0 cm³/mol. The molecule has 1 aromatic carbocycles. The number of unbranched alkanes of at least 4 members (excludes halogenated alkanes) is 5. The van der Waals surface area contributed by atoms with Crippen molar-refractivity contribution in [2.75, 3.05) is 11.9 Å². The Morgan fingerprint density at radius 1 is 1.06 bits per heavy atom. The van der Waals surface area contributed by atoms with E-state index < -0.39 is 0 Å². The van der Waals surface area contributed by atoms with Gasteiger partial charge >= 0.3 is 0 Å². The number of benzene rings is 1. The largest absolute Gasteiger partial charge is 0.385 e. The minimum absolute atomic E-state index is 0.127. The molecule has 1 N–H and O–H groups in total. The van der Waals surface area contributed by atoms with Gasteiger partial charge in [-0.2, -0.15) is 0 Å². The molecule has 0 bridgehead atoms. The molecule has 0 atom stereocenters. The summed E-state index contributed by atoms with van der Waals surface area (Å²) in [6, 6.07) is 5.20. The Kier molecular flexibility index (Phi) is 6.68. The van der Waals surface area contributed by atoms with Crippen LogP contribution in [-0.4, -0.2) is 6.54 Å². The lowest BCUT2D eigenvalue weighted by Gasteiger charge is -2.09. The lowest BCUT2D eigenvalue weighted by atomic mass is 10.1. The average Bonchev–Trinajstić information content (AvgIpc) is 2.33. The maximum Gasteiger partial charge on any atom is 0.128 e. The number of hydrogen-bond donors (Lipinski definition) is 1. The van der Waals surface area contributed by atoms with Crippen LogP contribution in [0.3, 0.4) is 0 Å². The van der Waals surface area contributed by atoms with Crippen LogP contribution in [0.2, 0.25) is 0 Å². The fourth-order valence-electron chi connectivity index (χ4n) is 1.93. The van der Waals surface area contributed by atoms with Crippen LogP contribution in [0.4, 0.5) is 10.1 Å². The van der Waals surface area contributed by atoms with Crippen molar-refractivity contribution < 1.29 is 4.39 Å². The Bertz CT molecular complexity index is 323. The third-order valence-corrected chi connectivity index (χ3v) is 3.11. The topological polar surface area (TPSA) is 12.0 Å². The van der Waals surface area contributed by atoms with E-state index in [4.69, 9.17) is 0 Å². The molecule has 2 heteroatoms. The summed E-state index contributed by atoms with van der Waals surface area (Å²) in [5.41, 5.74) is 1.65. The lowest BCUT2D eigenvalue weighted by Crippen LogP contribution is -2.03. The highest BCUT2D eigenvalue weighted by molar-refractivity contribution is 5.50. The number of halogens is 1. The van der Waals surface area contributed by atoms with E-state index >= 15 is 0 Å². The fourth-order valence-corrected chi connectivity index (χ4v) is 1.93. The van der Waals surface area contributed by atoms with Crippen LogP contribution in [0.5, 0.6) is 0 Å². The van der Waals surface area contributed by atoms with Gasteiger partial charge in [0.15, 0.2) is 0 Å². The van der Waals surface area contributed by atoms with Crippen LogP contribution in [0.1, 0.15) is 51.0 Å². The summed E-state index contributed by atoms with van der Waals surface area (Å²) in [5, 5.41) is 3.30. The molecule has 96 valence electrons. The molecule has 0 heterocycles. The predicted octanol–water partition coefficient (Wildman–Crippen LogP) is 4.91. The smallest absolute Gasteiger partial charge is 0.128 e. The molecule has 0 unspecified atom stereocenters. The van der Waals surface area contributed by atoms with Gasteiger partial charge in [0, 0.05) is 17.8 Å². The Labute approximate surface area is 104 Å². The van der Waals surface area contributed by atoms with Crippen molar-refractivity contribution in [3.8, 4) is 0 Å². The molecule has 0 aliphatic heterocycles. The molecular weight excluding hydrogens is 213 g/mol. The molecule has 0 aliphatic rings. The number of rotatable bonds is 8. The maximum absolute atomic E-state index is 13.3. The molecule has 0 aromatic heterocycles. The van der Waals surface area contributed by atoms with Gasteiger partial charge in [-0.05, 0) is 25.5 Å². The summed E-state index contributed by atoms with van der Waals surface area (Å²) >= 11 is 0. The second-order valence-electron chi connectivity index (χ2n) is 4.61. The first-order valence-electron chi connectivity index (χ1n) is 6.74. The lowest BCUT2D eigenvalue weighted by molar-refractivity contribution is 0.613. The minimum atomic E-state index is -0.127. The second kappa shape index (κ2) is 8.10. The molecule has 1 rings (SSSR count). The zero-order chi connectivity index (χ0) is 12.5. The van der Waals surface area contributed by atoms with Gasteiger partial charge in [-0.25, -0.2) is 4.39 Å². The molecule has 0 radical (unpaired) electrons. The van der Waals surface area contributed by atoms with Crippen molar-refractivity contribution in [1.82, 2.24) is 0 Å². The van der Waals surface area contributed by atoms with Crippen LogP contribution in [0.25, 0.3) is 0 Å². The van der Waals surface area contributed by atoms with Crippen LogP contribution >= 0.6 is 0 Å². The average molecular weight is 237 g/mol. The normalized spacial score (nSPS) is 10.5. The van der Waals surface area contributed by atoms with Crippen molar-refractivity contribution in [3.05, 3.63) is 29.6 Å². The van der Waals surface area contributed by atoms with E-state index in [0.717, 1.165) is 17.8 Å². The first-order valence-corrected chi connectivity index (χ1v) is 6.74. The molecule has 1 nitrogen and oxygen atoms in total. The fraction of sp³-hybridized carbons (Fsp3) is 0.600. The summed E-state index contributed by atoms with van der Waals surface area (Å²) in [4.78, 5) is 0. The van der Waals surface area contributed by atoms with Gasteiger partial charge in [-0.15, -0.1) is 0 Å². The van der Waals surface area contributed by atoms with Crippen LogP contribution in [-0.2, 0) is 0 Å². The molecule has 1 aromatic rings. The van der Waals surface area contributed by atoms with Gasteiger partial charge in [0.25, 0.3) is 0 Å². The molecule has 0 saturated heterocycles. The Hall–Kier alpha value is -1.05. The van der Waals surface area contributed by atoms with Gasteiger partial charge in [-0.1, -0.05) is 45.1 Å². The monoisotopic (exact) mass is 237 g/mol. The Morgan fingerprint density at radius 2 is 1.76 bits per heavy atom. The second-order valence-corrected chi connectivity index (χ2v) is 4.61. The minimum Gasteiger partial charge on any atom is -0.385 e. The molecular formula is C15H24FN. The van der Waals surface area contributed by atoms with E-state index in [0.29, 0.717) is 0 Å². The van der Waals surface area contributed by atoms with Gasteiger partial charge in [0.2, 0.25) is 0 Å². The highest BCUT2D eigenvalue weighted by Gasteiger charge is 2.01. The van der Waals surface area contributed by atoms with E-state index in [1.54, 1.807) is 6.07 Å². The molecule has 0 saturated carbocycles. The quantitative estimate of drug-likeness (QED) is 0.634. The first-order chi connectivity index (χ1) is 8.25. The Morgan fingerprint density at radius 3 is 2.53 bits per heavy atom. The van der Waals surface area contributed by atoms with E-state index in [1.807, 2.05) is 13.0 Å². The van der Waals surface area contributed by atoms with Gasteiger partial charge in [0.1, 0.15) is 5.82 Å². The van der Waals surface area contributed by atoms with Crippen molar-refractivity contribution in [3.63, 3.8) is 0 Å². The number of hydrogen-bond acceptors (Lipinski definition) is 1. The van der Waals surface area contributed by atoms with E-state index in [-0.39, 0.29) is 5.82 Å². The molecule has 0 amide bonds. The van der Waals surface area contributed by atoms with Gasteiger partial charge in [0.05, 0.1) is 0 Å². The maximum atomic E-state index is 13.3. The third-order valence-electron chi connectivity index (χ3n) is 3.11. The third kappa shape index (κ3) is 5.20. The van der Waals surface area contributed by atoms with E-state index in [9.17, 15) is 4.39 Å². The first kappa shape index (κ1) is 14.0. The zero-order valence-corrected chi connectivity index (χ0v) is 11.1. The summed E-state index contributed by atoms with van der Waals surface area (Å²) < 4.78 is 13.3. The Balaban J connectivity index is 2.16. The van der Waals surface area contributed by atoms with Crippen LogP contribution < -0.4 is 5.32 Å². The highest BCUT2D eigenvalue weighted by Crippen LogP contribution is 2.17. The van der Waals surface area contributed by atoms with Crippen LogP contribution in [0.15, 0.2) is 18.2 Å². The van der Waals surface area contributed by atoms with Gasteiger partial charge < -0.3 is 5.32 Å². The van der Waals surface area contributed by atoms with E-state index in [2.05, 4.69) is 12.2 Å².